The molecular formula is C9H11ClN2O4S. The topological polar surface area (TPSA) is 86.2 Å². The average Bonchev–Trinajstić information content (AvgIpc) is 2.36. The quantitative estimate of drug-likeness (QED) is 0.457. The van der Waals surface area contributed by atoms with Gasteiger partial charge in [0.1, 0.15) is 0 Å². The van der Waals surface area contributed by atoms with E-state index in [-0.39, 0.29) is 16.7 Å². The number of methoxy groups -OCH3 is 1. The van der Waals surface area contributed by atoms with Crippen molar-refractivity contribution in [2.24, 2.45) is 0 Å². The van der Waals surface area contributed by atoms with Gasteiger partial charge >= 0.3 is 5.97 Å². The Morgan fingerprint density at radius 3 is 2.76 bits per heavy atom. The van der Waals surface area contributed by atoms with Crippen molar-refractivity contribution >= 4 is 27.4 Å². The van der Waals surface area contributed by atoms with Gasteiger partial charge in [-0.15, -0.1) is 11.6 Å². The number of hydrogen-bond donors (Lipinski definition) is 0. The fourth-order valence-corrected chi connectivity index (χ4v) is 2.52. The van der Waals surface area contributed by atoms with Gasteiger partial charge in [0.2, 0.25) is 5.82 Å². The number of nitrogens with zero attached hydrogens (tertiary/aromatic N) is 2. The van der Waals surface area contributed by atoms with Crippen molar-refractivity contribution < 1.29 is 17.9 Å². The smallest absolute Gasteiger partial charge is 0.376 e. The first-order chi connectivity index (χ1) is 7.93. The molecule has 0 aliphatic heterocycles. The summed E-state index contributed by atoms with van der Waals surface area (Å²) in [7, 11) is -2.48. The van der Waals surface area contributed by atoms with E-state index in [1.54, 1.807) is 0 Å². The number of hydrogen-bond acceptors (Lipinski definition) is 6. The fraction of sp³-hybridized carbons (Fsp3) is 0.444. The molecule has 0 saturated carbocycles. The van der Waals surface area contributed by atoms with Gasteiger partial charge in [-0.05, 0) is 13.0 Å². The molecule has 1 unspecified atom stereocenters. The molecule has 0 amide bonds. The highest BCUT2D eigenvalue weighted by molar-refractivity contribution is 7.92. The van der Waals surface area contributed by atoms with E-state index in [9.17, 15) is 13.2 Å². The number of alkyl halides is 1. The molecule has 17 heavy (non-hydrogen) atoms. The molecule has 0 spiro atoms. The van der Waals surface area contributed by atoms with E-state index in [0.29, 0.717) is 0 Å². The van der Waals surface area contributed by atoms with Gasteiger partial charge in [-0.25, -0.2) is 23.2 Å². The maximum absolute atomic E-state index is 11.9. The highest BCUT2D eigenvalue weighted by atomic mass is 35.5. The van der Waals surface area contributed by atoms with Gasteiger partial charge in [-0.1, -0.05) is 0 Å². The molecule has 0 N–H and O–H groups in total. The lowest BCUT2D eigenvalue weighted by atomic mass is 10.5. The Morgan fingerprint density at radius 2 is 2.24 bits per heavy atom. The Hall–Kier alpha value is -1.21. The predicted octanol–water partition coefficient (Wildman–Crippen LogP) is 0.664. The molecule has 1 rings (SSSR count). The van der Waals surface area contributed by atoms with Crippen LogP contribution in [0.1, 0.15) is 17.5 Å². The molecule has 0 aromatic carbocycles. The second-order valence-electron chi connectivity index (χ2n) is 3.22. The van der Waals surface area contributed by atoms with Crippen molar-refractivity contribution in [3.8, 4) is 0 Å². The molecule has 94 valence electrons. The normalized spacial score (nSPS) is 13.1. The lowest BCUT2D eigenvalue weighted by Crippen LogP contribution is -2.22. The molecule has 0 aliphatic rings. The SMILES string of the molecule is COC(=O)c1nccc(S(=O)(=O)C(C)CCl)n1. The third kappa shape index (κ3) is 2.92. The van der Waals surface area contributed by atoms with Gasteiger partial charge < -0.3 is 4.74 Å². The van der Waals surface area contributed by atoms with E-state index < -0.39 is 21.1 Å². The van der Waals surface area contributed by atoms with Crippen molar-refractivity contribution in [1.82, 2.24) is 9.97 Å². The molecule has 6 nitrogen and oxygen atoms in total. The van der Waals surface area contributed by atoms with Gasteiger partial charge in [0, 0.05) is 12.1 Å². The van der Waals surface area contributed by atoms with E-state index in [2.05, 4.69) is 14.7 Å². The molecule has 0 bridgehead atoms. The Balaban J connectivity index is 3.21. The second-order valence-corrected chi connectivity index (χ2v) is 5.84. The highest BCUT2D eigenvalue weighted by Crippen LogP contribution is 2.14. The molecule has 1 heterocycles. The summed E-state index contributed by atoms with van der Waals surface area (Å²) >= 11 is 5.50. The zero-order valence-corrected chi connectivity index (χ0v) is 10.8. The van der Waals surface area contributed by atoms with E-state index in [1.807, 2.05) is 0 Å². The van der Waals surface area contributed by atoms with Crippen molar-refractivity contribution in [3.05, 3.63) is 18.1 Å². The van der Waals surface area contributed by atoms with Gasteiger partial charge in [-0.2, -0.15) is 0 Å². The van der Waals surface area contributed by atoms with E-state index in [0.717, 1.165) is 7.11 Å². The van der Waals surface area contributed by atoms with Crippen LogP contribution >= 0.6 is 11.6 Å². The molecule has 0 fully saturated rings. The number of esters is 1. The number of carbonyl (C=O) groups is 1. The fourth-order valence-electron chi connectivity index (χ4n) is 0.979. The molecule has 0 radical (unpaired) electrons. The summed E-state index contributed by atoms with van der Waals surface area (Å²) in [5.41, 5.74) is 0. The maximum Gasteiger partial charge on any atom is 0.376 e. The monoisotopic (exact) mass is 278 g/mol. The van der Waals surface area contributed by atoms with Crippen LogP contribution in [-0.2, 0) is 14.6 Å². The number of ether oxygens (including phenoxy) is 1. The molecular weight excluding hydrogens is 268 g/mol. The summed E-state index contributed by atoms with van der Waals surface area (Å²) in [6, 6.07) is 1.21. The predicted molar refractivity (Wildman–Crippen MR) is 60.7 cm³/mol. The Labute approximate surface area is 104 Å². The number of aromatic nitrogens is 2. The molecule has 1 aromatic rings. The van der Waals surface area contributed by atoms with Crippen LogP contribution in [-0.4, -0.2) is 42.6 Å². The maximum atomic E-state index is 11.9. The summed E-state index contributed by atoms with van der Waals surface area (Å²) in [4.78, 5) is 18.4. The van der Waals surface area contributed by atoms with Crippen LogP contribution in [0.15, 0.2) is 17.3 Å². The van der Waals surface area contributed by atoms with E-state index >= 15 is 0 Å². The zero-order chi connectivity index (χ0) is 13.1. The van der Waals surface area contributed by atoms with Gasteiger partial charge in [-0.3, -0.25) is 0 Å². The summed E-state index contributed by atoms with van der Waals surface area (Å²) in [6.07, 6.45) is 1.19. The zero-order valence-electron chi connectivity index (χ0n) is 9.25. The summed E-state index contributed by atoms with van der Waals surface area (Å²) in [6.45, 7) is 1.46. The summed E-state index contributed by atoms with van der Waals surface area (Å²) in [5.74, 6) is -1.14. The minimum atomic E-state index is -3.64. The van der Waals surface area contributed by atoms with Gasteiger partial charge in [0.05, 0.1) is 12.4 Å². The molecule has 1 atom stereocenters. The van der Waals surface area contributed by atoms with Crippen molar-refractivity contribution in [2.45, 2.75) is 17.2 Å². The van der Waals surface area contributed by atoms with Crippen molar-refractivity contribution in [2.75, 3.05) is 13.0 Å². The standard InChI is InChI=1S/C9H11ClN2O4S/c1-6(5-10)17(14,15)7-3-4-11-8(12-7)9(13)16-2/h3-4,6H,5H2,1-2H3. The third-order valence-corrected chi connectivity index (χ3v) is 4.72. The first-order valence-electron chi connectivity index (χ1n) is 4.64. The first kappa shape index (κ1) is 13.9. The highest BCUT2D eigenvalue weighted by Gasteiger charge is 2.25. The van der Waals surface area contributed by atoms with Crippen molar-refractivity contribution in [3.63, 3.8) is 0 Å². The largest absolute Gasteiger partial charge is 0.463 e. The minimum absolute atomic E-state index is 0.0557. The molecule has 8 heteroatoms. The Bertz CT molecular complexity index is 517. The molecule has 0 saturated heterocycles. The number of halogens is 1. The van der Waals surface area contributed by atoms with Crippen LogP contribution in [0.3, 0.4) is 0 Å². The average molecular weight is 279 g/mol. The van der Waals surface area contributed by atoms with Crippen LogP contribution in [0.25, 0.3) is 0 Å². The van der Waals surface area contributed by atoms with E-state index in [1.165, 1.54) is 19.2 Å². The lowest BCUT2D eigenvalue weighted by molar-refractivity contribution is 0.0585. The van der Waals surface area contributed by atoms with Gasteiger partial charge in [0.25, 0.3) is 0 Å². The number of carbonyl (C=O) groups excluding carboxylic acids is 1. The first-order valence-corrected chi connectivity index (χ1v) is 6.72. The van der Waals surface area contributed by atoms with Crippen LogP contribution in [0.5, 0.6) is 0 Å². The lowest BCUT2D eigenvalue weighted by Gasteiger charge is -2.08. The minimum Gasteiger partial charge on any atom is -0.463 e. The summed E-state index contributed by atoms with van der Waals surface area (Å²) < 4.78 is 28.2. The Kier molecular flexibility index (Phi) is 4.41. The van der Waals surface area contributed by atoms with Crippen LogP contribution in [0.4, 0.5) is 0 Å². The Morgan fingerprint density at radius 1 is 1.59 bits per heavy atom. The van der Waals surface area contributed by atoms with Crippen LogP contribution in [0.2, 0.25) is 0 Å². The third-order valence-electron chi connectivity index (χ3n) is 2.04. The van der Waals surface area contributed by atoms with Crippen LogP contribution in [0, 0.1) is 0 Å². The summed E-state index contributed by atoms with van der Waals surface area (Å²) in [5, 5.41) is -1.02. The number of rotatable bonds is 4. The van der Waals surface area contributed by atoms with Gasteiger partial charge in [0.15, 0.2) is 14.9 Å². The van der Waals surface area contributed by atoms with Crippen molar-refractivity contribution in [1.29, 1.82) is 0 Å². The van der Waals surface area contributed by atoms with E-state index in [4.69, 9.17) is 11.6 Å². The molecule has 1 aromatic heterocycles. The number of sulfone groups is 1. The van der Waals surface area contributed by atoms with Crippen LogP contribution < -0.4 is 0 Å². The molecule has 0 aliphatic carbocycles. The second kappa shape index (κ2) is 5.42.